The molecule has 1 fully saturated rings. The highest BCUT2D eigenvalue weighted by molar-refractivity contribution is 5.67. The van der Waals surface area contributed by atoms with Crippen LogP contribution < -0.4 is 0 Å². The topological polar surface area (TPSA) is 12.5 Å². The minimum absolute atomic E-state index is 0.836. The maximum atomic E-state index is 5.41. The van der Waals surface area contributed by atoms with E-state index in [1.54, 1.807) is 0 Å². The van der Waals surface area contributed by atoms with E-state index < -0.39 is 0 Å². The second kappa shape index (κ2) is 5.37. The van der Waals surface area contributed by atoms with Crippen LogP contribution in [0, 0.1) is 13.8 Å². The number of hydrogen-bond donors (Lipinski definition) is 0. The fraction of sp³-hybridized carbons (Fsp3) is 0.467. The van der Waals surface area contributed by atoms with Crippen molar-refractivity contribution in [2.75, 3.05) is 26.3 Å². The first-order chi connectivity index (χ1) is 8.22. The maximum Gasteiger partial charge on any atom is 0.0642 e. The van der Waals surface area contributed by atoms with Crippen LogP contribution in [0.1, 0.15) is 23.6 Å². The van der Waals surface area contributed by atoms with Crippen LogP contribution in [0.2, 0.25) is 0 Å². The summed E-state index contributed by atoms with van der Waals surface area (Å²) in [5.74, 6) is 0. The largest absolute Gasteiger partial charge is 0.378 e. The molecule has 0 bridgehead atoms. The smallest absolute Gasteiger partial charge is 0.0642 e. The molecule has 0 spiro atoms. The average molecular weight is 231 g/mol. The molecule has 1 aromatic rings. The van der Waals surface area contributed by atoms with E-state index >= 15 is 0 Å². The lowest BCUT2D eigenvalue weighted by molar-refractivity contribution is 0.0639. The molecule has 2 heteroatoms. The molecule has 0 radical (unpaired) electrons. The van der Waals surface area contributed by atoms with Gasteiger partial charge in [0.25, 0.3) is 0 Å². The van der Waals surface area contributed by atoms with Gasteiger partial charge in [-0.25, -0.2) is 0 Å². The van der Waals surface area contributed by atoms with Crippen molar-refractivity contribution in [1.82, 2.24) is 4.90 Å². The summed E-state index contributed by atoms with van der Waals surface area (Å²) in [5, 5.41) is 0. The Hall–Kier alpha value is -1.28. The molecule has 0 N–H and O–H groups in total. The van der Waals surface area contributed by atoms with Crippen LogP contribution in [-0.2, 0) is 4.74 Å². The third kappa shape index (κ3) is 2.70. The Kier molecular flexibility index (Phi) is 3.85. The lowest BCUT2D eigenvalue weighted by atomic mass is 10.0. The van der Waals surface area contributed by atoms with E-state index in [1.807, 2.05) is 0 Å². The molecule has 0 aliphatic carbocycles. The van der Waals surface area contributed by atoms with Crippen LogP contribution in [0.25, 0.3) is 5.70 Å². The summed E-state index contributed by atoms with van der Waals surface area (Å²) in [5.41, 5.74) is 5.36. The van der Waals surface area contributed by atoms with Gasteiger partial charge in [0.1, 0.15) is 0 Å². The summed E-state index contributed by atoms with van der Waals surface area (Å²) in [6, 6.07) is 6.67. The number of nitrogens with zero attached hydrogens (tertiary/aromatic N) is 1. The molecule has 0 unspecified atom stereocenters. The van der Waals surface area contributed by atoms with Gasteiger partial charge in [0, 0.05) is 24.4 Å². The summed E-state index contributed by atoms with van der Waals surface area (Å²) in [7, 11) is 0. The van der Waals surface area contributed by atoms with Crippen LogP contribution in [0.4, 0.5) is 0 Å². The molecule has 17 heavy (non-hydrogen) atoms. The molecule has 1 aliphatic heterocycles. The molecular weight excluding hydrogens is 210 g/mol. The van der Waals surface area contributed by atoms with Gasteiger partial charge in [0.05, 0.1) is 13.2 Å². The Balaban J connectivity index is 2.28. The highest BCUT2D eigenvalue weighted by atomic mass is 16.5. The van der Waals surface area contributed by atoms with Crippen molar-refractivity contribution in [1.29, 1.82) is 0 Å². The molecule has 0 aromatic heterocycles. The predicted octanol–water partition coefficient (Wildman–Crippen LogP) is 3.00. The second-order valence-corrected chi connectivity index (χ2v) is 4.59. The van der Waals surface area contributed by atoms with E-state index in [9.17, 15) is 0 Å². The first kappa shape index (κ1) is 12.2. The molecule has 1 saturated heterocycles. The molecule has 2 rings (SSSR count). The highest BCUT2D eigenvalue weighted by Gasteiger charge is 2.15. The minimum Gasteiger partial charge on any atom is -0.378 e. The van der Waals surface area contributed by atoms with E-state index in [4.69, 9.17) is 4.74 Å². The van der Waals surface area contributed by atoms with Gasteiger partial charge in [-0.3, -0.25) is 0 Å². The molecule has 0 atom stereocenters. The fourth-order valence-electron chi connectivity index (χ4n) is 2.41. The molecule has 1 aliphatic rings. The number of allylic oxidation sites excluding steroid dienone is 1. The number of benzene rings is 1. The highest BCUT2D eigenvalue weighted by Crippen LogP contribution is 2.24. The van der Waals surface area contributed by atoms with E-state index in [1.165, 1.54) is 22.4 Å². The van der Waals surface area contributed by atoms with Crippen LogP contribution >= 0.6 is 0 Å². The van der Waals surface area contributed by atoms with Gasteiger partial charge < -0.3 is 9.64 Å². The molecule has 1 heterocycles. The monoisotopic (exact) mass is 231 g/mol. The zero-order valence-corrected chi connectivity index (χ0v) is 11.0. The van der Waals surface area contributed by atoms with Crippen LogP contribution in [0.15, 0.2) is 24.3 Å². The number of hydrogen-bond acceptors (Lipinski definition) is 2. The van der Waals surface area contributed by atoms with Crippen molar-refractivity contribution in [2.24, 2.45) is 0 Å². The Labute approximate surface area is 104 Å². The van der Waals surface area contributed by atoms with Crippen LogP contribution in [0.3, 0.4) is 0 Å². The maximum absolute atomic E-state index is 5.41. The standard InChI is InChI=1S/C15H21NO/c1-4-15(16-7-9-17-10-8-16)14-6-5-12(2)11-13(14)3/h4-6,11H,7-10H2,1-3H3/b15-4-. The fourth-order valence-corrected chi connectivity index (χ4v) is 2.41. The zero-order chi connectivity index (χ0) is 12.3. The van der Waals surface area contributed by atoms with Crippen molar-refractivity contribution in [3.63, 3.8) is 0 Å². The van der Waals surface area contributed by atoms with E-state index in [-0.39, 0.29) is 0 Å². The summed E-state index contributed by atoms with van der Waals surface area (Å²) in [6.07, 6.45) is 2.21. The van der Waals surface area contributed by atoms with Crippen molar-refractivity contribution < 1.29 is 4.74 Å². The molecule has 1 aromatic carbocycles. The Bertz CT molecular complexity index is 417. The number of rotatable bonds is 2. The van der Waals surface area contributed by atoms with E-state index in [0.29, 0.717) is 0 Å². The number of morpholine rings is 1. The Morgan fingerprint density at radius 2 is 1.94 bits per heavy atom. The van der Waals surface area contributed by atoms with Gasteiger partial charge in [-0.1, -0.05) is 29.8 Å². The lowest BCUT2D eigenvalue weighted by Gasteiger charge is -2.32. The van der Waals surface area contributed by atoms with E-state index in [0.717, 1.165) is 26.3 Å². The van der Waals surface area contributed by atoms with E-state index in [2.05, 4.69) is 49.9 Å². The predicted molar refractivity (Wildman–Crippen MR) is 72.0 cm³/mol. The number of aryl methyl sites for hydroxylation is 2. The van der Waals surface area contributed by atoms with Gasteiger partial charge in [0.15, 0.2) is 0 Å². The summed E-state index contributed by atoms with van der Waals surface area (Å²) >= 11 is 0. The molecule has 0 saturated carbocycles. The number of ether oxygens (including phenoxy) is 1. The molecular formula is C15H21NO. The van der Waals surface area contributed by atoms with Gasteiger partial charge >= 0.3 is 0 Å². The molecule has 0 amide bonds. The quantitative estimate of drug-likeness (QED) is 0.776. The van der Waals surface area contributed by atoms with Gasteiger partial charge in [-0.2, -0.15) is 0 Å². The minimum atomic E-state index is 0.836. The molecule has 92 valence electrons. The van der Waals surface area contributed by atoms with Crippen molar-refractivity contribution in [2.45, 2.75) is 20.8 Å². The lowest BCUT2D eigenvalue weighted by Crippen LogP contribution is -2.35. The van der Waals surface area contributed by atoms with Crippen molar-refractivity contribution >= 4 is 5.70 Å². The second-order valence-electron chi connectivity index (χ2n) is 4.59. The zero-order valence-electron chi connectivity index (χ0n) is 11.0. The van der Waals surface area contributed by atoms with Crippen molar-refractivity contribution in [3.8, 4) is 0 Å². The average Bonchev–Trinajstić information content (AvgIpc) is 2.34. The third-order valence-corrected chi connectivity index (χ3v) is 3.28. The Morgan fingerprint density at radius 1 is 1.24 bits per heavy atom. The first-order valence-electron chi connectivity index (χ1n) is 6.29. The summed E-state index contributed by atoms with van der Waals surface area (Å²) in [6.45, 7) is 10.1. The summed E-state index contributed by atoms with van der Waals surface area (Å²) in [4.78, 5) is 2.42. The van der Waals surface area contributed by atoms with Gasteiger partial charge in [0.2, 0.25) is 0 Å². The SMILES string of the molecule is C/C=C(/c1ccc(C)cc1C)N1CCOCC1. The van der Waals surface area contributed by atoms with Crippen LogP contribution in [0.5, 0.6) is 0 Å². The summed E-state index contributed by atoms with van der Waals surface area (Å²) < 4.78 is 5.41. The van der Waals surface area contributed by atoms with Gasteiger partial charge in [-0.05, 0) is 26.3 Å². The third-order valence-electron chi connectivity index (χ3n) is 3.28. The first-order valence-corrected chi connectivity index (χ1v) is 6.29. The van der Waals surface area contributed by atoms with Gasteiger partial charge in [-0.15, -0.1) is 0 Å². The van der Waals surface area contributed by atoms with Crippen molar-refractivity contribution in [3.05, 3.63) is 41.0 Å². The van der Waals surface area contributed by atoms with Crippen LogP contribution in [-0.4, -0.2) is 31.2 Å². The normalized spacial score (nSPS) is 17.4. The Morgan fingerprint density at radius 3 is 2.53 bits per heavy atom. The molecule has 2 nitrogen and oxygen atoms in total.